The quantitative estimate of drug-likeness (QED) is 0.754. The van der Waals surface area contributed by atoms with Crippen LogP contribution in [0.2, 0.25) is 0 Å². The van der Waals surface area contributed by atoms with Gasteiger partial charge in [0.25, 0.3) is 0 Å². The van der Waals surface area contributed by atoms with E-state index in [1.165, 1.54) is 5.56 Å². The Labute approximate surface area is 124 Å². The van der Waals surface area contributed by atoms with Crippen LogP contribution in [0.4, 0.5) is 5.69 Å². The molecule has 21 heavy (non-hydrogen) atoms. The largest absolute Gasteiger partial charge is 0.461 e. The van der Waals surface area contributed by atoms with Gasteiger partial charge in [-0.15, -0.1) is 0 Å². The number of rotatable bonds is 4. The van der Waals surface area contributed by atoms with Gasteiger partial charge < -0.3 is 15.5 Å². The highest BCUT2D eigenvalue weighted by molar-refractivity contribution is 5.83. The Balaban J connectivity index is 2.00. The third-order valence-electron chi connectivity index (χ3n) is 3.76. The second-order valence-corrected chi connectivity index (χ2v) is 5.37. The van der Waals surface area contributed by atoms with Crippen molar-refractivity contribution in [1.29, 1.82) is 0 Å². The number of fused-ring (bicyclic) bond motifs is 1. The minimum Gasteiger partial charge on any atom is -0.461 e. The zero-order chi connectivity index (χ0) is 14.8. The maximum atomic E-state index is 6.01. The Kier molecular flexibility index (Phi) is 3.67. The lowest BCUT2D eigenvalue weighted by atomic mass is 10.0. The summed E-state index contributed by atoms with van der Waals surface area (Å²) in [6.45, 7) is 4.59. The van der Waals surface area contributed by atoms with E-state index in [0.29, 0.717) is 6.54 Å². The van der Waals surface area contributed by atoms with Gasteiger partial charge in [0.05, 0.1) is 6.04 Å². The monoisotopic (exact) mass is 280 g/mol. The fraction of sp³-hybridized carbons (Fsp3) is 0.222. The van der Waals surface area contributed by atoms with Crippen molar-refractivity contribution in [2.75, 3.05) is 11.9 Å². The van der Waals surface area contributed by atoms with E-state index in [2.05, 4.69) is 36.5 Å². The number of hydrogen-bond acceptors (Lipinski definition) is 3. The molecule has 3 heteroatoms. The van der Waals surface area contributed by atoms with Gasteiger partial charge in [0.2, 0.25) is 0 Å². The van der Waals surface area contributed by atoms with Gasteiger partial charge in [-0.1, -0.05) is 30.3 Å². The maximum absolute atomic E-state index is 6.01. The number of anilines is 1. The van der Waals surface area contributed by atoms with E-state index in [1.54, 1.807) is 0 Å². The van der Waals surface area contributed by atoms with Gasteiger partial charge in [0.1, 0.15) is 11.3 Å². The molecule has 0 spiro atoms. The summed E-state index contributed by atoms with van der Waals surface area (Å²) in [5.41, 5.74) is 10.4. The molecule has 2 aromatic carbocycles. The van der Waals surface area contributed by atoms with Crippen molar-refractivity contribution in [3.8, 4) is 0 Å². The van der Waals surface area contributed by atoms with Crippen molar-refractivity contribution < 1.29 is 4.42 Å². The Morgan fingerprint density at radius 1 is 1.10 bits per heavy atom. The van der Waals surface area contributed by atoms with E-state index < -0.39 is 0 Å². The molecule has 3 nitrogen and oxygen atoms in total. The number of benzene rings is 2. The Bertz CT molecular complexity index is 761. The van der Waals surface area contributed by atoms with Crippen molar-refractivity contribution in [2.45, 2.75) is 19.9 Å². The molecule has 3 N–H and O–H groups in total. The van der Waals surface area contributed by atoms with E-state index in [1.807, 2.05) is 31.2 Å². The van der Waals surface area contributed by atoms with Crippen LogP contribution in [0.3, 0.4) is 0 Å². The van der Waals surface area contributed by atoms with Crippen LogP contribution in [0, 0.1) is 13.8 Å². The van der Waals surface area contributed by atoms with E-state index in [-0.39, 0.29) is 6.04 Å². The lowest BCUT2D eigenvalue weighted by Gasteiger charge is -2.18. The number of furan rings is 1. The minimum absolute atomic E-state index is 0.0375. The Hall–Kier alpha value is -2.26. The summed E-state index contributed by atoms with van der Waals surface area (Å²) in [4.78, 5) is 0. The molecule has 3 rings (SSSR count). The van der Waals surface area contributed by atoms with Crippen LogP contribution in [0.5, 0.6) is 0 Å². The molecule has 0 bridgehead atoms. The van der Waals surface area contributed by atoms with E-state index >= 15 is 0 Å². The van der Waals surface area contributed by atoms with Crippen molar-refractivity contribution in [3.05, 3.63) is 65.4 Å². The summed E-state index contributed by atoms with van der Waals surface area (Å²) < 4.78 is 5.85. The first-order valence-corrected chi connectivity index (χ1v) is 7.20. The second kappa shape index (κ2) is 5.62. The molecule has 0 amide bonds. The number of nitrogens with one attached hydrogen (secondary N) is 1. The van der Waals surface area contributed by atoms with Gasteiger partial charge in [-0.2, -0.15) is 0 Å². The van der Waals surface area contributed by atoms with Gasteiger partial charge in [0.15, 0.2) is 0 Å². The van der Waals surface area contributed by atoms with Crippen LogP contribution in [0.1, 0.15) is 22.9 Å². The average molecular weight is 280 g/mol. The van der Waals surface area contributed by atoms with Crippen LogP contribution in [-0.4, -0.2) is 6.54 Å². The van der Waals surface area contributed by atoms with Crippen molar-refractivity contribution in [3.63, 3.8) is 0 Å². The Morgan fingerprint density at radius 2 is 1.90 bits per heavy atom. The number of nitrogens with two attached hydrogens (primary N) is 1. The smallest absolute Gasteiger partial charge is 0.134 e. The molecule has 3 aromatic rings. The third-order valence-corrected chi connectivity index (χ3v) is 3.76. The predicted octanol–water partition coefficient (Wildman–Crippen LogP) is 4.16. The molecule has 1 heterocycles. The summed E-state index contributed by atoms with van der Waals surface area (Å²) in [5, 5.41) is 4.65. The van der Waals surface area contributed by atoms with Crippen molar-refractivity contribution in [1.82, 2.24) is 0 Å². The summed E-state index contributed by atoms with van der Waals surface area (Å²) in [5.74, 6) is 0.923. The molecule has 0 saturated carbocycles. The highest BCUT2D eigenvalue weighted by Gasteiger charge is 2.19. The lowest BCUT2D eigenvalue weighted by molar-refractivity contribution is 0.566. The average Bonchev–Trinajstić information content (AvgIpc) is 2.81. The molecule has 0 aliphatic heterocycles. The summed E-state index contributed by atoms with van der Waals surface area (Å²) >= 11 is 0. The summed E-state index contributed by atoms with van der Waals surface area (Å²) in [6, 6.07) is 16.4. The van der Waals surface area contributed by atoms with E-state index in [9.17, 15) is 0 Å². The molecular weight excluding hydrogens is 260 g/mol. The normalized spacial score (nSPS) is 12.5. The second-order valence-electron chi connectivity index (χ2n) is 5.37. The topological polar surface area (TPSA) is 51.2 Å². The first-order valence-electron chi connectivity index (χ1n) is 7.20. The first kappa shape index (κ1) is 13.7. The highest BCUT2D eigenvalue weighted by atomic mass is 16.3. The molecule has 108 valence electrons. The van der Waals surface area contributed by atoms with Crippen LogP contribution in [0.25, 0.3) is 11.0 Å². The number of para-hydroxylation sites is 1. The fourth-order valence-corrected chi connectivity index (χ4v) is 2.81. The summed E-state index contributed by atoms with van der Waals surface area (Å²) in [6.07, 6.45) is 0. The molecule has 1 unspecified atom stereocenters. The van der Waals surface area contributed by atoms with Gasteiger partial charge in [-0.05, 0) is 37.6 Å². The van der Waals surface area contributed by atoms with Crippen LogP contribution >= 0.6 is 0 Å². The van der Waals surface area contributed by atoms with Crippen molar-refractivity contribution in [2.24, 2.45) is 5.73 Å². The minimum atomic E-state index is 0.0375. The third kappa shape index (κ3) is 2.65. The number of hydrogen-bond donors (Lipinski definition) is 2. The molecule has 0 radical (unpaired) electrons. The van der Waals surface area contributed by atoms with Gasteiger partial charge in [-0.3, -0.25) is 0 Å². The van der Waals surface area contributed by atoms with Gasteiger partial charge >= 0.3 is 0 Å². The molecule has 1 aromatic heterocycles. The van der Waals surface area contributed by atoms with E-state index in [4.69, 9.17) is 10.2 Å². The number of aryl methyl sites for hydroxylation is 2. The van der Waals surface area contributed by atoms with Crippen LogP contribution < -0.4 is 11.1 Å². The zero-order valence-electron chi connectivity index (χ0n) is 12.4. The van der Waals surface area contributed by atoms with Gasteiger partial charge in [-0.25, -0.2) is 0 Å². The fourth-order valence-electron chi connectivity index (χ4n) is 2.81. The molecule has 0 saturated heterocycles. The molecule has 0 aliphatic rings. The molecule has 0 fully saturated rings. The van der Waals surface area contributed by atoms with Crippen molar-refractivity contribution >= 4 is 16.7 Å². The molecule has 1 atom stereocenters. The summed E-state index contributed by atoms with van der Waals surface area (Å²) in [7, 11) is 0. The first-order chi connectivity index (χ1) is 10.2. The van der Waals surface area contributed by atoms with Crippen LogP contribution in [0.15, 0.2) is 52.9 Å². The van der Waals surface area contributed by atoms with E-state index in [0.717, 1.165) is 28.0 Å². The Morgan fingerprint density at radius 3 is 2.67 bits per heavy atom. The lowest BCUT2D eigenvalue weighted by Crippen LogP contribution is -2.21. The highest BCUT2D eigenvalue weighted by Crippen LogP contribution is 2.32. The maximum Gasteiger partial charge on any atom is 0.134 e. The van der Waals surface area contributed by atoms with Crippen LogP contribution in [-0.2, 0) is 0 Å². The molecular formula is C18H20N2O. The predicted molar refractivity (Wildman–Crippen MR) is 87.5 cm³/mol. The SMILES string of the molecule is Cc1cccc(NC(CN)c2c(C)oc3ccccc23)c1. The zero-order valence-corrected chi connectivity index (χ0v) is 12.4. The molecule has 0 aliphatic carbocycles. The van der Waals surface area contributed by atoms with Gasteiger partial charge in [0, 0.05) is 23.2 Å². The standard InChI is InChI=1S/C18H20N2O/c1-12-6-5-7-14(10-12)20-16(11-19)18-13(2)21-17-9-4-3-8-15(17)18/h3-10,16,20H,11,19H2,1-2H3.